The van der Waals surface area contributed by atoms with Crippen molar-refractivity contribution < 1.29 is 4.79 Å². The number of amides is 1. The maximum Gasteiger partial charge on any atom is 0.254 e. The Balaban J connectivity index is 2.60. The Hall–Kier alpha value is -1.65. The van der Waals surface area contributed by atoms with Gasteiger partial charge in [0.15, 0.2) is 5.15 Å². The standard InChI is InChI=1S/C12H9Cl2N3O/c1-15-12(18)10-9(6-16-17-11(10)14)7-2-4-8(13)5-3-7/h2-6H,1H3,(H,15,18). The molecule has 0 aliphatic rings. The fourth-order valence-corrected chi connectivity index (χ4v) is 1.91. The smallest absolute Gasteiger partial charge is 0.254 e. The molecule has 0 spiro atoms. The molecule has 0 aliphatic carbocycles. The molecule has 0 aliphatic heterocycles. The van der Waals surface area contributed by atoms with E-state index in [-0.39, 0.29) is 11.1 Å². The molecular weight excluding hydrogens is 273 g/mol. The predicted molar refractivity (Wildman–Crippen MR) is 70.9 cm³/mol. The number of nitrogens with zero attached hydrogens (tertiary/aromatic N) is 2. The Morgan fingerprint density at radius 3 is 2.50 bits per heavy atom. The van der Waals surface area contributed by atoms with Crippen molar-refractivity contribution in [1.29, 1.82) is 0 Å². The van der Waals surface area contributed by atoms with E-state index >= 15 is 0 Å². The summed E-state index contributed by atoms with van der Waals surface area (Å²) in [5, 5.41) is 10.7. The van der Waals surface area contributed by atoms with Gasteiger partial charge in [0.2, 0.25) is 0 Å². The highest BCUT2D eigenvalue weighted by Gasteiger charge is 2.17. The zero-order valence-electron chi connectivity index (χ0n) is 9.45. The molecule has 0 atom stereocenters. The molecule has 2 aromatic rings. The van der Waals surface area contributed by atoms with E-state index in [1.165, 1.54) is 13.2 Å². The third-order valence-corrected chi connectivity index (χ3v) is 2.93. The van der Waals surface area contributed by atoms with Gasteiger partial charge in [-0.25, -0.2) is 0 Å². The number of hydrogen-bond donors (Lipinski definition) is 1. The first-order valence-electron chi connectivity index (χ1n) is 5.12. The minimum atomic E-state index is -0.306. The second kappa shape index (κ2) is 5.33. The van der Waals surface area contributed by atoms with Crippen LogP contribution < -0.4 is 5.32 Å². The molecule has 0 radical (unpaired) electrons. The van der Waals surface area contributed by atoms with Crippen molar-refractivity contribution in [2.75, 3.05) is 7.05 Å². The van der Waals surface area contributed by atoms with Crippen molar-refractivity contribution in [3.63, 3.8) is 0 Å². The number of carbonyl (C=O) groups excluding carboxylic acids is 1. The van der Waals surface area contributed by atoms with E-state index in [1.54, 1.807) is 24.3 Å². The van der Waals surface area contributed by atoms with Crippen LogP contribution in [0.5, 0.6) is 0 Å². The minimum absolute atomic E-state index is 0.0711. The fraction of sp³-hybridized carbons (Fsp3) is 0.0833. The van der Waals surface area contributed by atoms with E-state index in [4.69, 9.17) is 23.2 Å². The second-order valence-corrected chi connectivity index (χ2v) is 4.30. The quantitative estimate of drug-likeness (QED) is 0.921. The van der Waals surface area contributed by atoms with Crippen molar-refractivity contribution in [2.45, 2.75) is 0 Å². The maximum atomic E-state index is 11.8. The van der Waals surface area contributed by atoms with Crippen LogP contribution in [-0.2, 0) is 0 Å². The number of rotatable bonds is 2. The number of aromatic nitrogens is 2. The Morgan fingerprint density at radius 1 is 1.22 bits per heavy atom. The predicted octanol–water partition coefficient (Wildman–Crippen LogP) is 2.81. The van der Waals surface area contributed by atoms with E-state index < -0.39 is 0 Å². The van der Waals surface area contributed by atoms with Crippen LogP contribution in [0.4, 0.5) is 0 Å². The van der Waals surface area contributed by atoms with E-state index in [0.29, 0.717) is 16.1 Å². The molecule has 0 bridgehead atoms. The van der Waals surface area contributed by atoms with Gasteiger partial charge in [-0.05, 0) is 17.7 Å². The minimum Gasteiger partial charge on any atom is -0.355 e. The number of carbonyl (C=O) groups is 1. The summed E-state index contributed by atoms with van der Waals surface area (Å²) in [6, 6.07) is 7.06. The highest BCUT2D eigenvalue weighted by molar-refractivity contribution is 6.33. The topological polar surface area (TPSA) is 54.9 Å². The van der Waals surface area contributed by atoms with Crippen molar-refractivity contribution in [2.24, 2.45) is 0 Å². The van der Waals surface area contributed by atoms with Crippen molar-refractivity contribution >= 4 is 29.1 Å². The SMILES string of the molecule is CNC(=O)c1c(-c2ccc(Cl)cc2)cnnc1Cl. The van der Waals surface area contributed by atoms with Crippen molar-refractivity contribution in [3.8, 4) is 11.1 Å². The maximum absolute atomic E-state index is 11.8. The lowest BCUT2D eigenvalue weighted by Crippen LogP contribution is -2.20. The van der Waals surface area contributed by atoms with Gasteiger partial charge >= 0.3 is 0 Å². The molecular formula is C12H9Cl2N3O. The van der Waals surface area contributed by atoms with Gasteiger partial charge in [0.05, 0.1) is 11.8 Å². The molecule has 0 unspecified atom stereocenters. The molecule has 6 heteroatoms. The molecule has 0 saturated heterocycles. The summed E-state index contributed by atoms with van der Waals surface area (Å²) >= 11 is 11.8. The normalized spacial score (nSPS) is 10.2. The Labute approximate surface area is 114 Å². The van der Waals surface area contributed by atoms with Gasteiger partial charge in [-0.1, -0.05) is 35.3 Å². The van der Waals surface area contributed by atoms with E-state index in [0.717, 1.165) is 5.56 Å². The van der Waals surface area contributed by atoms with Gasteiger partial charge in [0.1, 0.15) is 0 Å². The van der Waals surface area contributed by atoms with Crippen LogP contribution in [0.25, 0.3) is 11.1 Å². The van der Waals surface area contributed by atoms with Crippen LogP contribution >= 0.6 is 23.2 Å². The van der Waals surface area contributed by atoms with E-state index in [1.807, 2.05) is 0 Å². The Bertz CT molecular complexity index is 584. The molecule has 1 N–H and O–H groups in total. The lowest BCUT2D eigenvalue weighted by atomic mass is 10.0. The monoisotopic (exact) mass is 281 g/mol. The van der Waals surface area contributed by atoms with E-state index in [9.17, 15) is 4.79 Å². The molecule has 1 aromatic carbocycles. The summed E-state index contributed by atoms with van der Waals surface area (Å²) in [4.78, 5) is 11.8. The average molecular weight is 282 g/mol. The van der Waals surface area contributed by atoms with Gasteiger partial charge in [0, 0.05) is 17.6 Å². The summed E-state index contributed by atoms with van der Waals surface area (Å²) in [5.74, 6) is -0.306. The van der Waals surface area contributed by atoms with Crippen LogP contribution in [0.3, 0.4) is 0 Å². The zero-order valence-corrected chi connectivity index (χ0v) is 11.0. The van der Waals surface area contributed by atoms with Crippen molar-refractivity contribution in [1.82, 2.24) is 15.5 Å². The van der Waals surface area contributed by atoms with Crippen LogP contribution in [0.2, 0.25) is 10.2 Å². The zero-order chi connectivity index (χ0) is 13.1. The first kappa shape index (κ1) is 12.8. The molecule has 92 valence electrons. The molecule has 1 heterocycles. The summed E-state index contributed by atoms with van der Waals surface area (Å²) in [6.45, 7) is 0. The molecule has 2 rings (SSSR count). The largest absolute Gasteiger partial charge is 0.355 e. The highest BCUT2D eigenvalue weighted by Crippen LogP contribution is 2.27. The van der Waals surface area contributed by atoms with E-state index in [2.05, 4.69) is 15.5 Å². The molecule has 1 amide bonds. The molecule has 18 heavy (non-hydrogen) atoms. The average Bonchev–Trinajstić information content (AvgIpc) is 2.38. The number of hydrogen-bond acceptors (Lipinski definition) is 3. The van der Waals surface area contributed by atoms with Crippen LogP contribution in [0.1, 0.15) is 10.4 Å². The van der Waals surface area contributed by atoms with Crippen LogP contribution in [-0.4, -0.2) is 23.2 Å². The number of benzene rings is 1. The molecule has 4 nitrogen and oxygen atoms in total. The number of nitrogens with one attached hydrogen (secondary N) is 1. The lowest BCUT2D eigenvalue weighted by molar-refractivity contribution is 0.0963. The summed E-state index contributed by atoms with van der Waals surface area (Å²) in [7, 11) is 1.53. The molecule has 1 aromatic heterocycles. The van der Waals surface area contributed by atoms with Gasteiger partial charge < -0.3 is 5.32 Å². The third kappa shape index (κ3) is 2.44. The van der Waals surface area contributed by atoms with Gasteiger partial charge in [-0.3, -0.25) is 4.79 Å². The van der Waals surface area contributed by atoms with Gasteiger partial charge in [-0.2, -0.15) is 5.10 Å². The summed E-state index contributed by atoms with van der Waals surface area (Å²) in [5.41, 5.74) is 1.72. The van der Waals surface area contributed by atoms with Gasteiger partial charge in [-0.15, -0.1) is 5.10 Å². The van der Waals surface area contributed by atoms with Crippen LogP contribution in [0.15, 0.2) is 30.5 Å². The number of halogens is 2. The second-order valence-electron chi connectivity index (χ2n) is 3.51. The Morgan fingerprint density at radius 2 is 1.89 bits per heavy atom. The first-order chi connectivity index (χ1) is 8.63. The molecule has 0 saturated carbocycles. The van der Waals surface area contributed by atoms with Gasteiger partial charge in [0.25, 0.3) is 5.91 Å². The summed E-state index contributed by atoms with van der Waals surface area (Å²) < 4.78 is 0. The fourth-order valence-electron chi connectivity index (χ4n) is 1.55. The van der Waals surface area contributed by atoms with Crippen LogP contribution in [0, 0.1) is 0 Å². The third-order valence-electron chi connectivity index (χ3n) is 2.42. The summed E-state index contributed by atoms with van der Waals surface area (Å²) in [6.07, 6.45) is 1.50. The lowest BCUT2D eigenvalue weighted by Gasteiger charge is -2.08. The highest BCUT2D eigenvalue weighted by atomic mass is 35.5. The Kier molecular flexibility index (Phi) is 3.79. The first-order valence-corrected chi connectivity index (χ1v) is 5.88. The molecule has 0 fully saturated rings. The van der Waals surface area contributed by atoms with Crippen molar-refractivity contribution in [3.05, 3.63) is 46.2 Å².